The summed E-state index contributed by atoms with van der Waals surface area (Å²) in [5, 5.41) is 26.4. The zero-order valence-corrected chi connectivity index (χ0v) is 11.1. The molecule has 0 aromatic heterocycles. The molecule has 100 valence electrons. The van der Waals surface area contributed by atoms with Crippen LogP contribution in [-0.4, -0.2) is 21.8 Å². The van der Waals surface area contributed by atoms with Crippen LogP contribution in [0.15, 0.2) is 21.5 Å². The average molecular weight is 258 g/mol. The minimum absolute atomic E-state index is 0.342. The van der Waals surface area contributed by atoms with Gasteiger partial charge in [0.05, 0.1) is 11.4 Å². The molecule has 8 atom stereocenters. The first-order chi connectivity index (χ1) is 9.20. The van der Waals surface area contributed by atoms with Crippen molar-refractivity contribution in [2.24, 2.45) is 57.7 Å². The molecule has 0 spiro atoms. The quantitative estimate of drug-likeness (QED) is 0.398. The molecule has 4 heteroatoms. The second-order valence-electron chi connectivity index (χ2n) is 7.22. The van der Waals surface area contributed by atoms with Crippen LogP contribution in [0.4, 0.5) is 0 Å². The molecule has 5 aliphatic carbocycles. The lowest BCUT2D eigenvalue weighted by Gasteiger charge is -2.43. The minimum Gasteiger partial charge on any atom is -0.411 e. The summed E-state index contributed by atoms with van der Waals surface area (Å²) in [5.74, 6) is 4.30. The van der Waals surface area contributed by atoms with Gasteiger partial charge in [-0.05, 0) is 43.9 Å². The van der Waals surface area contributed by atoms with Crippen LogP contribution < -0.4 is 0 Å². The van der Waals surface area contributed by atoms with E-state index in [1.54, 1.807) is 0 Å². The maximum absolute atomic E-state index is 9.48. The summed E-state index contributed by atoms with van der Waals surface area (Å²) in [4.78, 5) is 0. The number of rotatable bonds is 0. The molecule has 0 aromatic carbocycles. The fraction of sp³-hybridized carbons (Fsp3) is 0.733. The fourth-order valence-electron chi connectivity index (χ4n) is 6.74. The van der Waals surface area contributed by atoms with Gasteiger partial charge in [0.15, 0.2) is 0 Å². The lowest BCUT2D eigenvalue weighted by molar-refractivity contribution is 0.0202. The zero-order valence-electron chi connectivity index (χ0n) is 11.1. The molecule has 0 heterocycles. The van der Waals surface area contributed by atoms with Crippen molar-refractivity contribution in [3.8, 4) is 0 Å². The van der Waals surface area contributed by atoms with Gasteiger partial charge in [0.25, 0.3) is 0 Å². The van der Waals surface area contributed by atoms with Gasteiger partial charge in [-0.25, -0.2) is 0 Å². The smallest absolute Gasteiger partial charge is 0.0679 e. The predicted molar refractivity (Wildman–Crippen MR) is 69.4 cm³/mol. The third-order valence-electron chi connectivity index (χ3n) is 6.86. The molecule has 0 aromatic rings. The third-order valence-corrected chi connectivity index (χ3v) is 6.86. The Balaban J connectivity index is 1.82. The molecule has 0 radical (unpaired) electrons. The molecule has 5 aliphatic rings. The molecule has 2 N–H and O–H groups in total. The van der Waals surface area contributed by atoms with Crippen LogP contribution in [0.5, 0.6) is 0 Å². The molecule has 0 aliphatic heterocycles. The van der Waals surface area contributed by atoms with Gasteiger partial charge in [0.2, 0.25) is 0 Å². The van der Waals surface area contributed by atoms with Gasteiger partial charge in [-0.1, -0.05) is 21.5 Å². The van der Waals surface area contributed by atoms with E-state index in [2.05, 4.69) is 24.2 Å². The topological polar surface area (TPSA) is 65.2 Å². The van der Waals surface area contributed by atoms with E-state index in [0.29, 0.717) is 47.3 Å². The van der Waals surface area contributed by atoms with E-state index >= 15 is 0 Å². The number of nitrogens with zero attached hydrogens (tertiary/aromatic N) is 2. The summed E-state index contributed by atoms with van der Waals surface area (Å²) >= 11 is 0. The van der Waals surface area contributed by atoms with E-state index in [1.165, 1.54) is 11.1 Å². The Labute approximate surface area is 111 Å². The first-order valence-corrected chi connectivity index (χ1v) is 7.31. The summed E-state index contributed by atoms with van der Waals surface area (Å²) in [5.41, 5.74) is 4.82. The van der Waals surface area contributed by atoms with E-state index in [1.807, 2.05) is 0 Å². The molecule has 19 heavy (non-hydrogen) atoms. The predicted octanol–water partition coefficient (Wildman–Crippen LogP) is 2.37. The molecule has 0 amide bonds. The van der Waals surface area contributed by atoms with Crippen molar-refractivity contribution in [1.29, 1.82) is 0 Å². The Bertz CT molecular complexity index is 543. The highest BCUT2D eigenvalue weighted by molar-refractivity contribution is 6.05. The summed E-state index contributed by atoms with van der Waals surface area (Å²) < 4.78 is 0. The van der Waals surface area contributed by atoms with Crippen molar-refractivity contribution in [1.82, 2.24) is 0 Å². The second-order valence-corrected chi connectivity index (χ2v) is 7.22. The SMILES string of the molecule is CC(C)=C1[C@@H]2/C(=N\O)[C@H]3C[C@H]4/C(=N\O)[C@@H]1[C@@H]1[C@@H]2[C@@H]3[C@H]14. The van der Waals surface area contributed by atoms with Gasteiger partial charge in [0.1, 0.15) is 0 Å². The highest BCUT2D eigenvalue weighted by Crippen LogP contribution is 2.79. The Morgan fingerprint density at radius 1 is 0.895 bits per heavy atom. The van der Waals surface area contributed by atoms with Crippen LogP contribution in [0.2, 0.25) is 0 Å². The molecule has 0 bridgehead atoms. The minimum atomic E-state index is 0.342. The van der Waals surface area contributed by atoms with Crippen LogP contribution in [-0.2, 0) is 0 Å². The largest absolute Gasteiger partial charge is 0.411 e. The standard InChI is InChI=1S/C15H18N2O2/c1-4(2)7-12-10-8-5(14(12)16-18)3-6-9(8)11(10)13(7)15(6)17-19/h5-6,8-13,18-19H,3H2,1-2H3/b16-14-,17-15+/t5-,6+,8-,9+,10-,11-,12-,13-/m0/s1. The van der Waals surface area contributed by atoms with Crippen molar-refractivity contribution < 1.29 is 10.4 Å². The van der Waals surface area contributed by atoms with Crippen LogP contribution in [0, 0.1) is 47.3 Å². The van der Waals surface area contributed by atoms with Crippen molar-refractivity contribution in [3.63, 3.8) is 0 Å². The van der Waals surface area contributed by atoms with E-state index in [4.69, 9.17) is 0 Å². The molecular formula is C15H18N2O2. The molecule has 5 fully saturated rings. The summed E-state index contributed by atoms with van der Waals surface area (Å²) in [7, 11) is 0. The zero-order chi connectivity index (χ0) is 13.0. The van der Waals surface area contributed by atoms with Gasteiger partial charge < -0.3 is 10.4 Å². The van der Waals surface area contributed by atoms with E-state index in [-0.39, 0.29) is 0 Å². The normalized spacial score (nSPS) is 59.4. The Morgan fingerprint density at radius 2 is 1.37 bits per heavy atom. The molecule has 5 saturated carbocycles. The van der Waals surface area contributed by atoms with Gasteiger partial charge in [-0.3, -0.25) is 0 Å². The number of oxime groups is 2. The Hall–Kier alpha value is -1.32. The Kier molecular flexibility index (Phi) is 1.59. The Morgan fingerprint density at radius 3 is 1.74 bits per heavy atom. The molecular weight excluding hydrogens is 240 g/mol. The van der Waals surface area contributed by atoms with E-state index in [9.17, 15) is 10.4 Å². The van der Waals surface area contributed by atoms with E-state index < -0.39 is 0 Å². The molecule has 0 saturated heterocycles. The summed E-state index contributed by atoms with van der Waals surface area (Å²) in [6.07, 6.45) is 1.05. The van der Waals surface area contributed by atoms with Crippen LogP contribution >= 0.6 is 0 Å². The van der Waals surface area contributed by atoms with Gasteiger partial charge in [-0.2, -0.15) is 0 Å². The van der Waals surface area contributed by atoms with Crippen molar-refractivity contribution in [3.05, 3.63) is 11.1 Å². The molecule has 5 rings (SSSR count). The van der Waals surface area contributed by atoms with Crippen molar-refractivity contribution in [2.45, 2.75) is 20.3 Å². The summed E-state index contributed by atoms with van der Waals surface area (Å²) in [6.45, 7) is 4.30. The highest BCUT2D eigenvalue weighted by Gasteiger charge is 2.79. The first-order valence-electron chi connectivity index (χ1n) is 7.31. The van der Waals surface area contributed by atoms with Gasteiger partial charge >= 0.3 is 0 Å². The van der Waals surface area contributed by atoms with Crippen molar-refractivity contribution in [2.75, 3.05) is 0 Å². The number of hydrogen-bond donors (Lipinski definition) is 2. The van der Waals surface area contributed by atoms with Crippen molar-refractivity contribution >= 4 is 11.4 Å². The maximum atomic E-state index is 9.48. The highest BCUT2D eigenvalue weighted by atomic mass is 16.4. The lowest BCUT2D eigenvalue weighted by atomic mass is 9.60. The van der Waals surface area contributed by atoms with Crippen LogP contribution in [0.1, 0.15) is 20.3 Å². The number of allylic oxidation sites excluding steroid dienone is 2. The molecule has 4 nitrogen and oxygen atoms in total. The maximum Gasteiger partial charge on any atom is 0.0679 e. The number of hydrogen-bond acceptors (Lipinski definition) is 4. The van der Waals surface area contributed by atoms with Gasteiger partial charge in [-0.15, -0.1) is 0 Å². The van der Waals surface area contributed by atoms with Crippen LogP contribution in [0.25, 0.3) is 0 Å². The second kappa shape index (κ2) is 2.89. The lowest BCUT2D eigenvalue weighted by Crippen LogP contribution is -2.41. The molecule has 0 unspecified atom stereocenters. The third kappa shape index (κ3) is 0.808. The monoisotopic (exact) mass is 258 g/mol. The fourth-order valence-corrected chi connectivity index (χ4v) is 6.74. The van der Waals surface area contributed by atoms with Crippen LogP contribution in [0.3, 0.4) is 0 Å². The van der Waals surface area contributed by atoms with E-state index in [0.717, 1.165) is 17.8 Å². The van der Waals surface area contributed by atoms with Gasteiger partial charge in [0, 0.05) is 23.7 Å². The summed E-state index contributed by atoms with van der Waals surface area (Å²) in [6, 6.07) is 0. The first kappa shape index (κ1) is 10.5. The average Bonchev–Trinajstić information content (AvgIpc) is 2.89.